The van der Waals surface area contributed by atoms with E-state index in [2.05, 4.69) is 0 Å². The molecule has 1 aromatic carbocycles. The van der Waals surface area contributed by atoms with E-state index < -0.39 is 0 Å². The Morgan fingerprint density at radius 3 is 2.50 bits per heavy atom. The number of thioether (sulfide) groups is 1. The van der Waals surface area contributed by atoms with E-state index in [1.54, 1.807) is 4.90 Å². The minimum absolute atomic E-state index is 0.0869. The smallest absolute Gasteiger partial charge is 0.316 e. The largest absolute Gasteiger partial charge is 0.455 e. The third-order valence-corrected chi connectivity index (χ3v) is 4.18. The molecule has 1 aliphatic rings. The van der Waals surface area contributed by atoms with E-state index in [1.807, 2.05) is 31.2 Å². The van der Waals surface area contributed by atoms with Crippen molar-refractivity contribution in [2.24, 2.45) is 0 Å². The van der Waals surface area contributed by atoms with Crippen LogP contribution in [0.5, 0.6) is 0 Å². The van der Waals surface area contributed by atoms with Gasteiger partial charge in [-0.05, 0) is 31.9 Å². The maximum Gasteiger partial charge on any atom is 0.316 e. The molecule has 2 rings (SSSR count). The van der Waals surface area contributed by atoms with Gasteiger partial charge >= 0.3 is 5.97 Å². The van der Waals surface area contributed by atoms with Crippen LogP contribution in [0, 0.1) is 6.92 Å². The maximum atomic E-state index is 11.7. The van der Waals surface area contributed by atoms with Crippen LogP contribution in [-0.4, -0.2) is 42.2 Å². The maximum absolute atomic E-state index is 11.7. The van der Waals surface area contributed by atoms with Crippen LogP contribution >= 0.6 is 11.8 Å². The number of rotatable bonds is 5. The number of benzene rings is 1. The third-order valence-electron chi connectivity index (χ3n) is 3.19. The molecule has 1 aromatic rings. The minimum Gasteiger partial charge on any atom is -0.455 e. The monoisotopic (exact) mass is 293 g/mol. The standard InChI is InChI=1S/C15H19NO3S/c1-12-4-6-13(7-5-12)20-11-15(18)19-10-14(17)16-8-2-3-9-16/h4-7H,2-3,8-11H2,1H3. The first-order valence-corrected chi connectivity index (χ1v) is 7.76. The van der Waals surface area contributed by atoms with Crippen molar-refractivity contribution in [1.29, 1.82) is 0 Å². The van der Waals surface area contributed by atoms with Gasteiger partial charge in [0.05, 0.1) is 5.75 Å². The highest BCUT2D eigenvalue weighted by Gasteiger charge is 2.19. The number of carbonyl (C=O) groups excluding carboxylic acids is 2. The van der Waals surface area contributed by atoms with E-state index in [-0.39, 0.29) is 24.2 Å². The Hall–Kier alpha value is -1.49. The number of likely N-dealkylation sites (tertiary alicyclic amines) is 1. The van der Waals surface area contributed by atoms with Crippen molar-refractivity contribution in [2.45, 2.75) is 24.7 Å². The average molecular weight is 293 g/mol. The summed E-state index contributed by atoms with van der Waals surface area (Å²) in [6, 6.07) is 7.96. The van der Waals surface area contributed by atoms with Gasteiger partial charge in [-0.25, -0.2) is 0 Å². The Kier molecular flexibility index (Phi) is 5.47. The van der Waals surface area contributed by atoms with E-state index in [1.165, 1.54) is 17.3 Å². The molecular weight excluding hydrogens is 274 g/mol. The molecule has 5 heteroatoms. The second-order valence-corrected chi connectivity index (χ2v) is 5.90. The zero-order chi connectivity index (χ0) is 14.4. The Labute approximate surface area is 123 Å². The molecule has 0 aromatic heterocycles. The molecule has 1 fully saturated rings. The highest BCUT2D eigenvalue weighted by atomic mass is 32.2. The second kappa shape index (κ2) is 7.33. The van der Waals surface area contributed by atoms with E-state index in [0.29, 0.717) is 0 Å². The highest BCUT2D eigenvalue weighted by Crippen LogP contribution is 2.18. The molecular formula is C15H19NO3S. The lowest BCUT2D eigenvalue weighted by Gasteiger charge is -2.14. The molecule has 0 N–H and O–H groups in total. The van der Waals surface area contributed by atoms with Crippen molar-refractivity contribution in [3.8, 4) is 0 Å². The summed E-state index contributed by atoms with van der Waals surface area (Å²) >= 11 is 1.42. The van der Waals surface area contributed by atoms with Crippen LogP contribution in [-0.2, 0) is 14.3 Å². The predicted octanol–water partition coefficient (Wildman–Crippen LogP) is 2.25. The summed E-state index contributed by atoms with van der Waals surface area (Å²) in [4.78, 5) is 26.1. The molecule has 0 bridgehead atoms. The summed E-state index contributed by atoms with van der Waals surface area (Å²) < 4.78 is 5.01. The molecule has 1 amide bonds. The molecule has 0 spiro atoms. The van der Waals surface area contributed by atoms with Gasteiger partial charge in [0.15, 0.2) is 6.61 Å². The van der Waals surface area contributed by atoms with E-state index in [4.69, 9.17) is 4.74 Å². The van der Waals surface area contributed by atoms with Gasteiger partial charge in [-0.3, -0.25) is 9.59 Å². The van der Waals surface area contributed by atoms with Gasteiger partial charge < -0.3 is 9.64 Å². The second-order valence-electron chi connectivity index (χ2n) is 4.85. The van der Waals surface area contributed by atoms with E-state index >= 15 is 0 Å². The Balaban J connectivity index is 1.67. The number of amides is 1. The van der Waals surface area contributed by atoms with Crippen molar-refractivity contribution >= 4 is 23.6 Å². The first kappa shape index (κ1) is 14.9. The summed E-state index contributed by atoms with van der Waals surface area (Å²) in [5.74, 6) is -0.199. The van der Waals surface area contributed by atoms with E-state index in [9.17, 15) is 9.59 Å². The quantitative estimate of drug-likeness (QED) is 0.617. The number of nitrogens with zero attached hydrogens (tertiary/aromatic N) is 1. The zero-order valence-electron chi connectivity index (χ0n) is 11.6. The summed E-state index contributed by atoms with van der Waals surface area (Å²) in [5, 5.41) is 0. The van der Waals surface area contributed by atoms with Crippen LogP contribution in [0.3, 0.4) is 0 Å². The first-order chi connectivity index (χ1) is 9.65. The average Bonchev–Trinajstić information content (AvgIpc) is 2.98. The Morgan fingerprint density at radius 2 is 1.85 bits per heavy atom. The Bertz CT molecular complexity index is 467. The summed E-state index contributed by atoms with van der Waals surface area (Å²) in [7, 11) is 0. The molecule has 1 heterocycles. The molecule has 1 aliphatic heterocycles. The van der Waals surface area contributed by atoms with Gasteiger partial charge in [-0.15, -0.1) is 11.8 Å². The number of esters is 1. The van der Waals surface area contributed by atoms with Gasteiger partial charge in [0.1, 0.15) is 0 Å². The SMILES string of the molecule is Cc1ccc(SCC(=O)OCC(=O)N2CCCC2)cc1. The van der Waals surface area contributed by atoms with Gasteiger partial charge in [-0.2, -0.15) is 0 Å². The van der Waals surface area contributed by atoms with Gasteiger partial charge in [0.2, 0.25) is 0 Å². The molecule has 0 aliphatic carbocycles. The van der Waals surface area contributed by atoms with E-state index in [0.717, 1.165) is 30.8 Å². The van der Waals surface area contributed by atoms with Crippen LogP contribution in [0.2, 0.25) is 0 Å². The van der Waals surface area contributed by atoms with Crippen LogP contribution in [0.1, 0.15) is 18.4 Å². The van der Waals surface area contributed by atoms with Crippen molar-refractivity contribution in [3.05, 3.63) is 29.8 Å². The normalized spacial score (nSPS) is 14.3. The molecule has 108 valence electrons. The van der Waals surface area contributed by atoms with Crippen LogP contribution in [0.25, 0.3) is 0 Å². The third kappa shape index (κ3) is 4.56. The van der Waals surface area contributed by atoms with Gasteiger partial charge in [0.25, 0.3) is 5.91 Å². The molecule has 20 heavy (non-hydrogen) atoms. The van der Waals surface area contributed by atoms with Crippen molar-refractivity contribution in [1.82, 2.24) is 4.90 Å². The lowest BCUT2D eigenvalue weighted by Crippen LogP contribution is -2.32. The fourth-order valence-electron chi connectivity index (χ4n) is 2.02. The Morgan fingerprint density at radius 1 is 1.20 bits per heavy atom. The van der Waals surface area contributed by atoms with Crippen LogP contribution < -0.4 is 0 Å². The lowest BCUT2D eigenvalue weighted by molar-refractivity contribution is -0.149. The van der Waals surface area contributed by atoms with Crippen LogP contribution in [0.15, 0.2) is 29.2 Å². The fraction of sp³-hybridized carbons (Fsp3) is 0.467. The van der Waals surface area contributed by atoms with Gasteiger partial charge in [0, 0.05) is 18.0 Å². The summed E-state index contributed by atoms with van der Waals surface area (Å²) in [5.41, 5.74) is 1.19. The first-order valence-electron chi connectivity index (χ1n) is 6.78. The van der Waals surface area contributed by atoms with Crippen molar-refractivity contribution in [2.75, 3.05) is 25.4 Å². The molecule has 0 atom stereocenters. The van der Waals surface area contributed by atoms with Gasteiger partial charge in [-0.1, -0.05) is 17.7 Å². The molecule has 0 saturated carbocycles. The van der Waals surface area contributed by atoms with Crippen molar-refractivity contribution in [3.63, 3.8) is 0 Å². The lowest BCUT2D eigenvalue weighted by atomic mass is 10.2. The minimum atomic E-state index is -0.344. The topological polar surface area (TPSA) is 46.6 Å². The number of hydrogen-bond donors (Lipinski definition) is 0. The number of carbonyl (C=O) groups is 2. The number of hydrogen-bond acceptors (Lipinski definition) is 4. The molecule has 0 radical (unpaired) electrons. The van der Waals surface area contributed by atoms with Crippen molar-refractivity contribution < 1.29 is 14.3 Å². The summed E-state index contributed by atoms with van der Waals surface area (Å²) in [6.07, 6.45) is 2.09. The van der Waals surface area contributed by atoms with Crippen LogP contribution in [0.4, 0.5) is 0 Å². The number of ether oxygens (including phenoxy) is 1. The predicted molar refractivity (Wildman–Crippen MR) is 78.7 cm³/mol. The fourth-order valence-corrected chi connectivity index (χ4v) is 2.71. The molecule has 0 unspecified atom stereocenters. The highest BCUT2D eigenvalue weighted by molar-refractivity contribution is 8.00. The molecule has 4 nitrogen and oxygen atoms in total. The summed E-state index contributed by atoms with van der Waals surface area (Å²) in [6.45, 7) is 3.46. The molecule has 1 saturated heterocycles. The number of aryl methyl sites for hydroxylation is 1. The zero-order valence-corrected chi connectivity index (χ0v) is 12.4.